The lowest BCUT2D eigenvalue weighted by atomic mass is 10.0. The van der Waals surface area contributed by atoms with Crippen LogP contribution in [0.3, 0.4) is 0 Å². The molecule has 1 heterocycles. The van der Waals surface area contributed by atoms with Crippen molar-refractivity contribution >= 4 is 51.3 Å². The normalized spacial score (nSPS) is 15.8. The van der Waals surface area contributed by atoms with Crippen molar-refractivity contribution in [3.63, 3.8) is 0 Å². The van der Waals surface area contributed by atoms with Gasteiger partial charge in [-0.05, 0) is 37.8 Å². The molecule has 0 saturated heterocycles. The lowest BCUT2D eigenvalue weighted by molar-refractivity contribution is 0.481. The molecular formula is C16H29IN4O2S2. The number of nitrogens with zero attached hydrogens (tertiary/aromatic N) is 1. The predicted octanol–water partition coefficient (Wildman–Crippen LogP) is 3.04. The standard InChI is InChI=1S/C16H28N4O2S2.HI/c1-2-18-16(19-11-5-8-13-6-3-4-7-13)20-12-14-9-10-15(23-14)24(17,21)22;/h9-10,13H,2-8,11-12H2,1H3,(H2,17,21,22)(H2,18,19,20);1H. The van der Waals surface area contributed by atoms with Gasteiger partial charge in [-0.25, -0.2) is 18.5 Å². The Bertz CT molecular complexity index is 640. The first-order valence-corrected chi connectivity index (χ1v) is 11.0. The summed E-state index contributed by atoms with van der Waals surface area (Å²) in [4.78, 5) is 5.39. The average molecular weight is 500 g/mol. The molecule has 144 valence electrons. The maximum Gasteiger partial charge on any atom is 0.247 e. The molecule has 1 saturated carbocycles. The fourth-order valence-electron chi connectivity index (χ4n) is 2.99. The van der Waals surface area contributed by atoms with Gasteiger partial charge in [0, 0.05) is 18.0 Å². The number of halogens is 1. The maximum atomic E-state index is 11.3. The summed E-state index contributed by atoms with van der Waals surface area (Å²) in [6.07, 6.45) is 8.00. The van der Waals surface area contributed by atoms with Gasteiger partial charge >= 0.3 is 0 Å². The zero-order chi connectivity index (χ0) is 17.4. The van der Waals surface area contributed by atoms with Crippen LogP contribution in [0, 0.1) is 5.92 Å². The second-order valence-electron chi connectivity index (χ2n) is 6.18. The number of guanidine groups is 1. The summed E-state index contributed by atoms with van der Waals surface area (Å²) in [6, 6.07) is 3.30. The zero-order valence-electron chi connectivity index (χ0n) is 14.7. The van der Waals surface area contributed by atoms with Crippen LogP contribution in [0.15, 0.2) is 21.3 Å². The number of thiophene rings is 1. The number of hydrogen-bond acceptors (Lipinski definition) is 4. The lowest BCUT2D eigenvalue weighted by Gasteiger charge is -2.12. The summed E-state index contributed by atoms with van der Waals surface area (Å²) >= 11 is 1.17. The van der Waals surface area contributed by atoms with E-state index in [-0.39, 0.29) is 28.2 Å². The van der Waals surface area contributed by atoms with Crippen LogP contribution in [0.25, 0.3) is 0 Å². The Morgan fingerprint density at radius 1 is 1.32 bits per heavy atom. The molecule has 0 unspecified atom stereocenters. The first-order chi connectivity index (χ1) is 11.5. The van der Waals surface area contributed by atoms with Gasteiger partial charge in [-0.15, -0.1) is 35.3 Å². The van der Waals surface area contributed by atoms with Crippen molar-refractivity contribution in [3.05, 3.63) is 17.0 Å². The molecule has 0 bridgehead atoms. The number of hydrogen-bond donors (Lipinski definition) is 3. The average Bonchev–Trinajstić information content (AvgIpc) is 3.19. The molecule has 2 rings (SSSR count). The molecule has 0 aliphatic heterocycles. The SMILES string of the molecule is CCNC(=NCc1ccc(S(N)(=O)=O)s1)NCCCC1CCCC1.I. The van der Waals surface area contributed by atoms with Crippen LogP contribution in [0.2, 0.25) is 0 Å². The second kappa shape index (κ2) is 11.3. The molecule has 6 nitrogen and oxygen atoms in total. The number of rotatable bonds is 8. The van der Waals surface area contributed by atoms with Gasteiger partial charge in [0.25, 0.3) is 0 Å². The number of sulfonamides is 1. The van der Waals surface area contributed by atoms with Crippen LogP contribution in [0.5, 0.6) is 0 Å². The zero-order valence-corrected chi connectivity index (χ0v) is 18.6. The number of nitrogens with one attached hydrogen (secondary N) is 2. The van der Waals surface area contributed by atoms with E-state index in [1.807, 2.05) is 6.92 Å². The van der Waals surface area contributed by atoms with Gasteiger partial charge in [-0.1, -0.05) is 25.7 Å². The van der Waals surface area contributed by atoms with E-state index in [0.29, 0.717) is 6.54 Å². The fourth-order valence-corrected chi connectivity index (χ4v) is 4.69. The van der Waals surface area contributed by atoms with Gasteiger partial charge < -0.3 is 10.6 Å². The summed E-state index contributed by atoms with van der Waals surface area (Å²) in [6.45, 7) is 4.18. The molecule has 1 aliphatic carbocycles. The van der Waals surface area contributed by atoms with Gasteiger partial charge in [-0.2, -0.15) is 0 Å². The van der Waals surface area contributed by atoms with Crippen LogP contribution in [-0.2, 0) is 16.6 Å². The van der Waals surface area contributed by atoms with Gasteiger partial charge in [-0.3, -0.25) is 0 Å². The van der Waals surface area contributed by atoms with E-state index in [1.54, 1.807) is 6.07 Å². The third kappa shape index (κ3) is 8.23. The topological polar surface area (TPSA) is 96.6 Å². The van der Waals surface area contributed by atoms with Crippen molar-refractivity contribution < 1.29 is 8.42 Å². The molecule has 1 aromatic heterocycles. The highest BCUT2D eigenvalue weighted by Gasteiger charge is 2.14. The number of aliphatic imine (C=N–C) groups is 1. The monoisotopic (exact) mass is 500 g/mol. The highest BCUT2D eigenvalue weighted by molar-refractivity contribution is 14.0. The van der Waals surface area contributed by atoms with Crippen LogP contribution >= 0.6 is 35.3 Å². The van der Waals surface area contributed by atoms with Crippen molar-refractivity contribution in [3.8, 4) is 0 Å². The van der Waals surface area contributed by atoms with Crippen molar-refractivity contribution in [2.45, 2.75) is 56.2 Å². The Kier molecular flexibility index (Phi) is 10.3. The van der Waals surface area contributed by atoms with Gasteiger partial charge in [0.2, 0.25) is 10.0 Å². The van der Waals surface area contributed by atoms with E-state index < -0.39 is 10.0 Å². The molecule has 4 N–H and O–H groups in total. The maximum absolute atomic E-state index is 11.3. The molecule has 1 aromatic rings. The second-order valence-corrected chi connectivity index (χ2v) is 9.14. The van der Waals surface area contributed by atoms with Gasteiger partial charge in [0.15, 0.2) is 5.96 Å². The molecule has 1 fully saturated rings. The van der Waals surface area contributed by atoms with Crippen molar-refractivity contribution in [2.75, 3.05) is 13.1 Å². The number of primary sulfonamides is 1. The highest BCUT2D eigenvalue weighted by Crippen LogP contribution is 2.28. The van der Waals surface area contributed by atoms with Crippen molar-refractivity contribution in [1.82, 2.24) is 10.6 Å². The Hall–Kier alpha value is -0.390. The Balaban J connectivity index is 0.00000312. The summed E-state index contributed by atoms with van der Waals surface area (Å²) in [5.74, 6) is 1.68. The van der Waals surface area contributed by atoms with E-state index in [4.69, 9.17) is 5.14 Å². The first-order valence-electron chi connectivity index (χ1n) is 8.62. The van der Waals surface area contributed by atoms with Crippen molar-refractivity contribution in [2.24, 2.45) is 16.0 Å². The summed E-state index contributed by atoms with van der Waals surface area (Å²) in [5, 5.41) is 11.7. The minimum absolute atomic E-state index is 0. The van der Waals surface area contributed by atoms with E-state index in [0.717, 1.165) is 36.3 Å². The molecule has 1 aliphatic rings. The van der Waals surface area contributed by atoms with Gasteiger partial charge in [0.05, 0.1) is 6.54 Å². The third-order valence-corrected chi connectivity index (χ3v) is 6.72. The lowest BCUT2D eigenvalue weighted by Crippen LogP contribution is -2.37. The molecule has 9 heteroatoms. The Morgan fingerprint density at radius 3 is 2.64 bits per heavy atom. The highest BCUT2D eigenvalue weighted by atomic mass is 127. The third-order valence-electron chi connectivity index (χ3n) is 4.21. The quantitative estimate of drug-likeness (QED) is 0.221. The Morgan fingerprint density at radius 2 is 2.04 bits per heavy atom. The van der Waals surface area contributed by atoms with Crippen LogP contribution in [0.1, 0.15) is 50.3 Å². The molecule has 0 spiro atoms. The molecule has 25 heavy (non-hydrogen) atoms. The van der Waals surface area contributed by atoms with E-state index >= 15 is 0 Å². The summed E-state index contributed by atoms with van der Waals surface area (Å²) in [5.41, 5.74) is 0. The molecule has 0 amide bonds. The van der Waals surface area contributed by atoms with E-state index in [2.05, 4.69) is 15.6 Å². The summed E-state index contributed by atoms with van der Waals surface area (Å²) in [7, 11) is -3.62. The first kappa shape index (κ1) is 22.7. The minimum atomic E-state index is -3.62. The molecule has 0 radical (unpaired) electrons. The predicted molar refractivity (Wildman–Crippen MR) is 115 cm³/mol. The van der Waals surface area contributed by atoms with E-state index in [9.17, 15) is 8.42 Å². The van der Waals surface area contributed by atoms with Crippen molar-refractivity contribution in [1.29, 1.82) is 0 Å². The molecular weight excluding hydrogens is 471 g/mol. The van der Waals surface area contributed by atoms with Gasteiger partial charge in [0.1, 0.15) is 4.21 Å². The largest absolute Gasteiger partial charge is 0.357 e. The van der Waals surface area contributed by atoms with Crippen LogP contribution in [0.4, 0.5) is 0 Å². The van der Waals surface area contributed by atoms with Crippen LogP contribution < -0.4 is 15.8 Å². The molecule has 0 aromatic carbocycles. The number of nitrogens with two attached hydrogens (primary N) is 1. The minimum Gasteiger partial charge on any atom is -0.357 e. The fraction of sp³-hybridized carbons (Fsp3) is 0.688. The molecule has 0 atom stereocenters. The van der Waals surface area contributed by atoms with Crippen LogP contribution in [-0.4, -0.2) is 27.5 Å². The Labute approximate surface area is 172 Å². The smallest absolute Gasteiger partial charge is 0.247 e. The van der Waals surface area contributed by atoms with E-state index in [1.165, 1.54) is 49.5 Å². The summed E-state index contributed by atoms with van der Waals surface area (Å²) < 4.78 is 22.8.